The lowest BCUT2D eigenvalue weighted by Gasteiger charge is -1.90. The van der Waals surface area contributed by atoms with Crippen LogP contribution in [0.1, 0.15) is 27.7 Å². The van der Waals surface area contributed by atoms with Gasteiger partial charge in [-0.25, -0.2) is 0 Å². The minimum atomic E-state index is 0.749. The van der Waals surface area contributed by atoms with E-state index < -0.39 is 0 Å². The van der Waals surface area contributed by atoms with Gasteiger partial charge in [-0.15, -0.1) is 0 Å². The molecule has 0 aromatic heterocycles. The standard InChI is InChI=1S/C6H8N2.2C2H6/c7-5-1-2-6(8)4-3-5;2*1-2/h1-4H,7-8H2;2*1-2H3. The fourth-order valence-electron chi connectivity index (χ4n) is 0.496. The molecule has 0 aliphatic heterocycles. The highest BCUT2D eigenvalue weighted by molar-refractivity contribution is 5.47. The highest BCUT2D eigenvalue weighted by Gasteiger charge is 1.80. The van der Waals surface area contributed by atoms with Crippen molar-refractivity contribution >= 4 is 11.4 Å². The zero-order valence-electron chi connectivity index (χ0n) is 8.46. The Labute approximate surface area is 75.6 Å². The van der Waals surface area contributed by atoms with Crippen LogP contribution in [0, 0.1) is 0 Å². The molecule has 0 aliphatic carbocycles. The van der Waals surface area contributed by atoms with Crippen molar-refractivity contribution in [3.8, 4) is 0 Å². The van der Waals surface area contributed by atoms with E-state index in [4.69, 9.17) is 11.5 Å². The van der Waals surface area contributed by atoms with E-state index in [0.717, 1.165) is 11.4 Å². The average molecular weight is 168 g/mol. The third-order valence-corrected chi connectivity index (χ3v) is 0.936. The molecular formula is C10H20N2. The molecule has 70 valence electrons. The second-order valence-corrected chi connectivity index (χ2v) is 1.67. The van der Waals surface area contributed by atoms with Gasteiger partial charge in [0.15, 0.2) is 0 Å². The van der Waals surface area contributed by atoms with Gasteiger partial charge in [0.25, 0.3) is 0 Å². The number of nitrogen functional groups attached to an aromatic ring is 2. The molecule has 0 saturated heterocycles. The summed E-state index contributed by atoms with van der Waals surface area (Å²) in [6.07, 6.45) is 0. The van der Waals surface area contributed by atoms with Gasteiger partial charge in [0, 0.05) is 11.4 Å². The Morgan fingerprint density at radius 2 is 0.833 bits per heavy atom. The van der Waals surface area contributed by atoms with E-state index in [0.29, 0.717) is 0 Å². The molecule has 0 aliphatic rings. The van der Waals surface area contributed by atoms with Crippen molar-refractivity contribution in [2.45, 2.75) is 27.7 Å². The van der Waals surface area contributed by atoms with E-state index in [-0.39, 0.29) is 0 Å². The summed E-state index contributed by atoms with van der Waals surface area (Å²) in [5.74, 6) is 0. The van der Waals surface area contributed by atoms with Crippen molar-refractivity contribution in [1.29, 1.82) is 0 Å². The Morgan fingerprint density at radius 3 is 1.00 bits per heavy atom. The van der Waals surface area contributed by atoms with Crippen LogP contribution in [0.4, 0.5) is 11.4 Å². The normalized spacial score (nSPS) is 7.00. The molecule has 0 spiro atoms. The monoisotopic (exact) mass is 168 g/mol. The molecule has 0 fully saturated rings. The van der Waals surface area contributed by atoms with Crippen LogP contribution >= 0.6 is 0 Å². The maximum Gasteiger partial charge on any atom is 0.0315 e. The SMILES string of the molecule is CC.CC.Nc1ccc(N)cc1. The number of hydrogen-bond donors (Lipinski definition) is 2. The Hall–Kier alpha value is -1.18. The summed E-state index contributed by atoms with van der Waals surface area (Å²) in [5, 5.41) is 0. The zero-order chi connectivity index (χ0) is 9.98. The Bertz CT molecular complexity index is 147. The molecule has 0 heterocycles. The van der Waals surface area contributed by atoms with Crippen LogP contribution in [0.2, 0.25) is 0 Å². The van der Waals surface area contributed by atoms with Gasteiger partial charge in [-0.05, 0) is 24.3 Å². The summed E-state index contributed by atoms with van der Waals surface area (Å²) in [6, 6.07) is 7.09. The molecule has 0 bridgehead atoms. The van der Waals surface area contributed by atoms with Crippen LogP contribution in [0.5, 0.6) is 0 Å². The highest BCUT2D eigenvalue weighted by atomic mass is 14.6. The number of anilines is 2. The van der Waals surface area contributed by atoms with Gasteiger partial charge in [0.2, 0.25) is 0 Å². The van der Waals surface area contributed by atoms with Crippen molar-refractivity contribution in [2.24, 2.45) is 0 Å². The number of hydrogen-bond acceptors (Lipinski definition) is 2. The lowest BCUT2D eigenvalue weighted by Crippen LogP contribution is -1.86. The number of benzene rings is 1. The van der Waals surface area contributed by atoms with E-state index in [1.165, 1.54) is 0 Å². The lowest BCUT2D eigenvalue weighted by molar-refractivity contribution is 1.50. The third-order valence-electron chi connectivity index (χ3n) is 0.936. The molecule has 0 unspecified atom stereocenters. The fraction of sp³-hybridized carbons (Fsp3) is 0.400. The molecule has 0 saturated carbocycles. The minimum Gasteiger partial charge on any atom is -0.399 e. The first-order valence-corrected chi connectivity index (χ1v) is 4.40. The van der Waals surface area contributed by atoms with Gasteiger partial charge < -0.3 is 11.5 Å². The number of nitrogens with two attached hydrogens (primary N) is 2. The van der Waals surface area contributed by atoms with Gasteiger partial charge in [-0.2, -0.15) is 0 Å². The molecule has 2 nitrogen and oxygen atoms in total. The maximum atomic E-state index is 5.37. The molecule has 1 aromatic rings. The van der Waals surface area contributed by atoms with Crippen LogP contribution in [-0.4, -0.2) is 0 Å². The molecule has 1 rings (SSSR count). The first-order chi connectivity index (χ1) is 5.79. The molecule has 1 aromatic carbocycles. The van der Waals surface area contributed by atoms with Crippen LogP contribution in [-0.2, 0) is 0 Å². The van der Waals surface area contributed by atoms with E-state index in [9.17, 15) is 0 Å². The topological polar surface area (TPSA) is 52.0 Å². The second-order valence-electron chi connectivity index (χ2n) is 1.67. The largest absolute Gasteiger partial charge is 0.399 e. The molecule has 0 amide bonds. The predicted molar refractivity (Wildman–Crippen MR) is 58.0 cm³/mol. The summed E-state index contributed by atoms with van der Waals surface area (Å²) >= 11 is 0. The summed E-state index contributed by atoms with van der Waals surface area (Å²) in [4.78, 5) is 0. The Morgan fingerprint density at radius 1 is 0.667 bits per heavy atom. The summed E-state index contributed by atoms with van der Waals surface area (Å²) in [7, 11) is 0. The first-order valence-electron chi connectivity index (χ1n) is 4.40. The van der Waals surface area contributed by atoms with Crippen LogP contribution in [0.25, 0.3) is 0 Å². The minimum absolute atomic E-state index is 0.749. The first kappa shape index (κ1) is 13.4. The maximum absolute atomic E-state index is 5.37. The van der Waals surface area contributed by atoms with Crippen molar-refractivity contribution in [1.82, 2.24) is 0 Å². The van der Waals surface area contributed by atoms with Crippen LogP contribution in [0.3, 0.4) is 0 Å². The molecule has 0 atom stereocenters. The van der Waals surface area contributed by atoms with E-state index in [2.05, 4.69) is 0 Å². The molecule has 4 N–H and O–H groups in total. The van der Waals surface area contributed by atoms with Crippen LogP contribution < -0.4 is 11.5 Å². The van der Waals surface area contributed by atoms with Crippen molar-refractivity contribution in [3.05, 3.63) is 24.3 Å². The average Bonchev–Trinajstić information content (AvgIpc) is 2.17. The number of rotatable bonds is 0. The van der Waals surface area contributed by atoms with Crippen LogP contribution in [0.15, 0.2) is 24.3 Å². The Balaban J connectivity index is 0. The molecule has 0 radical (unpaired) electrons. The van der Waals surface area contributed by atoms with Crippen molar-refractivity contribution < 1.29 is 0 Å². The van der Waals surface area contributed by atoms with Gasteiger partial charge in [-0.3, -0.25) is 0 Å². The summed E-state index contributed by atoms with van der Waals surface area (Å²) < 4.78 is 0. The smallest absolute Gasteiger partial charge is 0.0315 e. The predicted octanol–water partition coefficient (Wildman–Crippen LogP) is 2.90. The quantitative estimate of drug-likeness (QED) is 0.585. The van der Waals surface area contributed by atoms with E-state index in [1.54, 1.807) is 24.3 Å². The van der Waals surface area contributed by atoms with Gasteiger partial charge >= 0.3 is 0 Å². The van der Waals surface area contributed by atoms with E-state index >= 15 is 0 Å². The van der Waals surface area contributed by atoms with Crippen molar-refractivity contribution in [3.63, 3.8) is 0 Å². The molecule has 2 heteroatoms. The van der Waals surface area contributed by atoms with Gasteiger partial charge in [-0.1, -0.05) is 27.7 Å². The summed E-state index contributed by atoms with van der Waals surface area (Å²) in [5.41, 5.74) is 12.2. The van der Waals surface area contributed by atoms with Crippen molar-refractivity contribution in [2.75, 3.05) is 11.5 Å². The van der Waals surface area contributed by atoms with Gasteiger partial charge in [0.1, 0.15) is 0 Å². The third kappa shape index (κ3) is 6.93. The van der Waals surface area contributed by atoms with E-state index in [1.807, 2.05) is 27.7 Å². The molecular weight excluding hydrogens is 148 g/mol. The fourth-order valence-corrected chi connectivity index (χ4v) is 0.496. The lowest BCUT2D eigenvalue weighted by atomic mass is 10.3. The molecule has 12 heavy (non-hydrogen) atoms. The summed E-state index contributed by atoms with van der Waals surface area (Å²) in [6.45, 7) is 8.00. The second kappa shape index (κ2) is 9.82. The Kier molecular flexibility index (Phi) is 11.0. The highest BCUT2D eigenvalue weighted by Crippen LogP contribution is 2.04. The zero-order valence-corrected chi connectivity index (χ0v) is 8.46. The van der Waals surface area contributed by atoms with Gasteiger partial charge in [0.05, 0.1) is 0 Å².